The number of likely N-dealkylation sites (N-methyl/N-ethyl adjacent to an activating group) is 1. The number of anilines is 1. The molecule has 220 valence electrons. The molecular weight excluding hydrogens is 585 g/mol. The monoisotopic (exact) mass is 619 g/mol. The van der Waals surface area contributed by atoms with Gasteiger partial charge in [-0.1, -0.05) is 71.7 Å². The van der Waals surface area contributed by atoms with Crippen LogP contribution in [-0.2, 0) is 32.6 Å². The van der Waals surface area contributed by atoms with Crippen molar-refractivity contribution >= 4 is 50.7 Å². The predicted molar refractivity (Wildman–Crippen MR) is 164 cm³/mol. The van der Waals surface area contributed by atoms with E-state index < -0.39 is 16.1 Å². The van der Waals surface area contributed by atoms with Crippen LogP contribution in [0.25, 0.3) is 0 Å². The molecule has 1 N–H and O–H groups in total. The van der Waals surface area contributed by atoms with Crippen LogP contribution in [0.15, 0.2) is 72.8 Å². The molecule has 0 aliphatic carbocycles. The molecule has 0 radical (unpaired) electrons. The first-order chi connectivity index (χ1) is 19.5. The zero-order chi connectivity index (χ0) is 30.0. The Hall–Kier alpha value is -3.27. The number of rotatable bonds is 14. The van der Waals surface area contributed by atoms with Crippen molar-refractivity contribution < 1.29 is 22.7 Å². The minimum Gasteiger partial charge on any atom is -0.495 e. The van der Waals surface area contributed by atoms with E-state index in [1.807, 2.05) is 37.3 Å². The van der Waals surface area contributed by atoms with E-state index in [9.17, 15) is 18.0 Å². The lowest BCUT2D eigenvalue weighted by Crippen LogP contribution is -2.50. The quantitative estimate of drug-likeness (QED) is 0.263. The first-order valence-corrected chi connectivity index (χ1v) is 15.8. The van der Waals surface area contributed by atoms with E-state index >= 15 is 0 Å². The molecule has 3 aromatic carbocycles. The SMILES string of the molecule is CCNC(=O)[C@@H](Cc1ccccc1)N(Cc1ccc(Cl)cc1Cl)C(=O)CCCN(c1ccccc1OC)S(C)(=O)=O. The molecule has 0 aromatic heterocycles. The summed E-state index contributed by atoms with van der Waals surface area (Å²) in [5.74, 6) is -0.194. The lowest BCUT2D eigenvalue weighted by atomic mass is 10.0. The fourth-order valence-corrected chi connectivity index (χ4v) is 5.93. The fourth-order valence-electron chi connectivity index (χ4n) is 4.50. The summed E-state index contributed by atoms with van der Waals surface area (Å²) in [5, 5.41) is 3.69. The molecule has 0 aliphatic rings. The first kappa shape index (κ1) is 32.2. The summed E-state index contributed by atoms with van der Waals surface area (Å²) in [5.41, 5.74) is 1.92. The number of hydrogen-bond acceptors (Lipinski definition) is 5. The summed E-state index contributed by atoms with van der Waals surface area (Å²) in [6, 6.07) is 20.4. The Balaban J connectivity index is 1.90. The van der Waals surface area contributed by atoms with Crippen molar-refractivity contribution in [2.45, 2.75) is 38.8 Å². The number of sulfonamides is 1. The number of methoxy groups -OCH3 is 1. The predicted octanol–water partition coefficient (Wildman–Crippen LogP) is 5.32. The molecule has 0 fully saturated rings. The average Bonchev–Trinajstić information content (AvgIpc) is 2.94. The Bertz CT molecular complexity index is 1440. The van der Waals surface area contributed by atoms with Gasteiger partial charge in [0.05, 0.1) is 19.1 Å². The van der Waals surface area contributed by atoms with Crippen LogP contribution in [0.3, 0.4) is 0 Å². The number of nitrogens with zero attached hydrogens (tertiary/aromatic N) is 2. The van der Waals surface area contributed by atoms with E-state index in [1.165, 1.54) is 16.3 Å². The highest BCUT2D eigenvalue weighted by Gasteiger charge is 2.31. The van der Waals surface area contributed by atoms with Crippen molar-refractivity contribution in [2.24, 2.45) is 0 Å². The molecule has 1 atom stereocenters. The van der Waals surface area contributed by atoms with E-state index in [2.05, 4.69) is 5.32 Å². The topological polar surface area (TPSA) is 96.0 Å². The average molecular weight is 621 g/mol. The molecule has 41 heavy (non-hydrogen) atoms. The van der Waals surface area contributed by atoms with Crippen molar-refractivity contribution in [1.29, 1.82) is 0 Å². The molecule has 0 heterocycles. The second kappa shape index (κ2) is 15.1. The number of amides is 2. The number of carbonyl (C=O) groups excluding carboxylic acids is 2. The molecule has 2 amide bonds. The smallest absolute Gasteiger partial charge is 0.243 e. The number of hydrogen-bond donors (Lipinski definition) is 1. The van der Waals surface area contributed by atoms with Crippen LogP contribution in [0.2, 0.25) is 10.0 Å². The van der Waals surface area contributed by atoms with Gasteiger partial charge in [0.15, 0.2) is 0 Å². The van der Waals surface area contributed by atoms with Gasteiger partial charge < -0.3 is 15.0 Å². The minimum atomic E-state index is -3.67. The molecule has 0 saturated carbocycles. The van der Waals surface area contributed by atoms with Crippen molar-refractivity contribution in [2.75, 3.05) is 30.8 Å². The number of nitrogens with one attached hydrogen (secondary N) is 1. The number of halogens is 2. The van der Waals surface area contributed by atoms with E-state index in [-0.39, 0.29) is 37.7 Å². The highest BCUT2D eigenvalue weighted by atomic mass is 35.5. The number of ether oxygens (including phenoxy) is 1. The van der Waals surface area contributed by atoms with Crippen molar-refractivity contribution in [3.63, 3.8) is 0 Å². The normalized spacial score (nSPS) is 11.9. The maximum absolute atomic E-state index is 13.8. The molecule has 8 nitrogen and oxygen atoms in total. The van der Waals surface area contributed by atoms with Crippen LogP contribution < -0.4 is 14.4 Å². The third kappa shape index (κ3) is 9.11. The Morgan fingerprint density at radius 3 is 2.32 bits per heavy atom. The molecular formula is C30H35Cl2N3O5S. The fraction of sp³-hybridized carbons (Fsp3) is 0.333. The van der Waals surface area contributed by atoms with Gasteiger partial charge in [0.25, 0.3) is 0 Å². The third-order valence-electron chi connectivity index (χ3n) is 6.48. The minimum absolute atomic E-state index is 0.00290. The van der Waals surface area contributed by atoms with Gasteiger partial charge in [-0.15, -0.1) is 0 Å². The van der Waals surface area contributed by atoms with Crippen LogP contribution in [0, 0.1) is 0 Å². The van der Waals surface area contributed by atoms with Gasteiger partial charge in [-0.3, -0.25) is 13.9 Å². The maximum Gasteiger partial charge on any atom is 0.243 e. The van der Waals surface area contributed by atoms with Gasteiger partial charge in [0, 0.05) is 42.5 Å². The second-order valence-electron chi connectivity index (χ2n) is 9.47. The van der Waals surface area contributed by atoms with E-state index in [1.54, 1.807) is 42.5 Å². The zero-order valence-corrected chi connectivity index (χ0v) is 25.7. The standard InChI is InChI=1S/C30H35Cl2N3O5S/c1-4-33-30(37)27(19-22-11-6-5-7-12-22)34(21-23-16-17-24(31)20-25(23)32)29(36)15-10-18-35(41(3,38)39)26-13-8-9-14-28(26)40-2/h5-9,11-14,16-17,20,27H,4,10,15,18-19,21H2,1-3H3,(H,33,37)/t27-/m1/s1. The van der Waals surface area contributed by atoms with Gasteiger partial charge in [-0.25, -0.2) is 8.42 Å². The zero-order valence-electron chi connectivity index (χ0n) is 23.3. The lowest BCUT2D eigenvalue weighted by molar-refractivity contribution is -0.141. The summed E-state index contributed by atoms with van der Waals surface area (Å²) < 4.78 is 32.0. The van der Waals surface area contributed by atoms with Gasteiger partial charge in [0.1, 0.15) is 11.8 Å². The maximum atomic E-state index is 13.8. The molecule has 0 spiro atoms. The third-order valence-corrected chi connectivity index (χ3v) is 8.25. The Labute approximate surface area is 252 Å². The van der Waals surface area contributed by atoms with Gasteiger partial charge in [0.2, 0.25) is 21.8 Å². The summed E-state index contributed by atoms with van der Waals surface area (Å²) >= 11 is 12.6. The summed E-state index contributed by atoms with van der Waals surface area (Å²) in [7, 11) is -2.20. The number of para-hydroxylation sites is 2. The van der Waals surface area contributed by atoms with E-state index in [4.69, 9.17) is 27.9 Å². The molecule has 3 rings (SSSR count). The Morgan fingerprint density at radius 1 is 1.00 bits per heavy atom. The van der Waals surface area contributed by atoms with Gasteiger partial charge in [-0.2, -0.15) is 0 Å². The van der Waals surface area contributed by atoms with Crippen molar-refractivity contribution in [3.05, 3.63) is 94.0 Å². The van der Waals surface area contributed by atoms with E-state index in [0.29, 0.717) is 40.0 Å². The molecule has 0 aliphatic heterocycles. The van der Waals surface area contributed by atoms with Crippen LogP contribution in [0.4, 0.5) is 5.69 Å². The summed E-state index contributed by atoms with van der Waals surface area (Å²) in [6.45, 7) is 2.34. The lowest BCUT2D eigenvalue weighted by Gasteiger charge is -2.32. The Morgan fingerprint density at radius 2 is 1.68 bits per heavy atom. The van der Waals surface area contributed by atoms with Gasteiger partial charge >= 0.3 is 0 Å². The van der Waals surface area contributed by atoms with Crippen LogP contribution in [0.5, 0.6) is 5.75 Å². The summed E-state index contributed by atoms with van der Waals surface area (Å²) in [4.78, 5) is 28.7. The van der Waals surface area contributed by atoms with Crippen LogP contribution >= 0.6 is 23.2 Å². The molecule has 0 bridgehead atoms. The second-order valence-corrected chi connectivity index (χ2v) is 12.2. The number of carbonyl (C=O) groups is 2. The molecule has 0 saturated heterocycles. The van der Waals surface area contributed by atoms with Crippen LogP contribution in [-0.4, -0.2) is 57.6 Å². The molecule has 3 aromatic rings. The van der Waals surface area contributed by atoms with Gasteiger partial charge in [-0.05, 0) is 48.7 Å². The van der Waals surface area contributed by atoms with Crippen molar-refractivity contribution in [3.8, 4) is 5.75 Å². The van der Waals surface area contributed by atoms with Crippen molar-refractivity contribution in [1.82, 2.24) is 10.2 Å². The largest absolute Gasteiger partial charge is 0.495 e. The van der Waals surface area contributed by atoms with E-state index in [0.717, 1.165) is 11.8 Å². The van der Waals surface area contributed by atoms with Crippen LogP contribution in [0.1, 0.15) is 30.9 Å². The summed E-state index contributed by atoms with van der Waals surface area (Å²) in [6.07, 6.45) is 1.61. The molecule has 11 heteroatoms. The first-order valence-electron chi connectivity index (χ1n) is 13.2. The highest BCUT2D eigenvalue weighted by Crippen LogP contribution is 2.30. The highest BCUT2D eigenvalue weighted by molar-refractivity contribution is 7.92. The Kier molecular flexibility index (Phi) is 11.9. The number of benzene rings is 3. The molecule has 0 unspecified atom stereocenters.